The van der Waals surface area contributed by atoms with E-state index < -0.39 is 5.97 Å². The van der Waals surface area contributed by atoms with E-state index in [1.54, 1.807) is 42.5 Å². The Morgan fingerprint density at radius 3 is 2.68 bits per heavy atom. The zero-order valence-corrected chi connectivity index (χ0v) is 13.9. The molecule has 0 unspecified atom stereocenters. The van der Waals surface area contributed by atoms with Crippen LogP contribution in [0.4, 0.5) is 11.5 Å². The summed E-state index contributed by atoms with van der Waals surface area (Å²) in [6.45, 7) is 1.89. The minimum atomic E-state index is -0.479. The lowest BCUT2D eigenvalue weighted by Crippen LogP contribution is -2.10. The van der Waals surface area contributed by atoms with Crippen molar-refractivity contribution in [1.82, 2.24) is 9.97 Å². The highest BCUT2D eigenvalue weighted by Gasteiger charge is 2.14. The van der Waals surface area contributed by atoms with Gasteiger partial charge in [-0.05, 0) is 31.2 Å². The van der Waals surface area contributed by atoms with Crippen LogP contribution in [0.25, 0.3) is 0 Å². The molecule has 0 saturated carbocycles. The van der Waals surface area contributed by atoms with Crippen LogP contribution in [-0.2, 0) is 0 Å². The molecule has 0 aliphatic heterocycles. The fourth-order valence-electron chi connectivity index (χ4n) is 2.28. The Kier molecular flexibility index (Phi) is 4.89. The van der Waals surface area contributed by atoms with Crippen molar-refractivity contribution in [2.24, 2.45) is 0 Å². The van der Waals surface area contributed by atoms with E-state index >= 15 is 0 Å². The first-order valence-corrected chi connectivity index (χ1v) is 7.66. The highest BCUT2D eigenvalue weighted by molar-refractivity contribution is 5.94. The van der Waals surface area contributed by atoms with E-state index in [1.165, 1.54) is 13.4 Å². The smallest absolute Gasteiger partial charge is 0.347 e. The number of aryl methyl sites for hydroxylation is 1. The average Bonchev–Trinajstić information content (AvgIpc) is 2.62. The number of hydrogen-bond acceptors (Lipinski definition) is 6. The van der Waals surface area contributed by atoms with E-state index in [2.05, 4.69) is 15.3 Å². The minimum Gasteiger partial charge on any atom is -0.496 e. The van der Waals surface area contributed by atoms with Gasteiger partial charge in [0.05, 0.1) is 7.11 Å². The number of ether oxygens (including phenoxy) is 2. The van der Waals surface area contributed by atoms with Gasteiger partial charge in [0.25, 0.3) is 0 Å². The van der Waals surface area contributed by atoms with Gasteiger partial charge in [-0.25, -0.2) is 14.8 Å². The van der Waals surface area contributed by atoms with Crippen molar-refractivity contribution >= 4 is 17.5 Å². The summed E-state index contributed by atoms with van der Waals surface area (Å²) in [5.74, 6) is 1.08. The molecule has 126 valence electrons. The second kappa shape index (κ2) is 7.44. The molecule has 0 saturated heterocycles. The number of methoxy groups -OCH3 is 1. The normalized spacial score (nSPS) is 10.2. The number of para-hydroxylation sites is 1. The molecule has 1 heterocycles. The molecular weight excluding hydrogens is 318 g/mol. The summed E-state index contributed by atoms with van der Waals surface area (Å²) < 4.78 is 10.6. The van der Waals surface area contributed by atoms with Gasteiger partial charge in [0.2, 0.25) is 0 Å². The summed E-state index contributed by atoms with van der Waals surface area (Å²) in [6.07, 6.45) is 1.49. The van der Waals surface area contributed by atoms with Crippen LogP contribution in [0.1, 0.15) is 16.1 Å². The van der Waals surface area contributed by atoms with E-state index in [0.29, 0.717) is 22.9 Å². The Balaban J connectivity index is 1.76. The standard InChI is InChI=1S/C19H17N3O3/c1-13-10-18(21-12-20-13)22-14-6-5-7-15(11-14)25-19(23)16-8-3-4-9-17(16)24-2/h3-12H,1-2H3,(H,20,21,22). The van der Waals surface area contributed by atoms with E-state index in [0.717, 1.165) is 11.4 Å². The van der Waals surface area contributed by atoms with E-state index in [1.807, 2.05) is 19.1 Å². The number of aromatic nitrogens is 2. The van der Waals surface area contributed by atoms with Crippen molar-refractivity contribution in [2.45, 2.75) is 6.92 Å². The number of rotatable bonds is 5. The summed E-state index contributed by atoms with van der Waals surface area (Å²) >= 11 is 0. The Labute approximate surface area is 145 Å². The lowest BCUT2D eigenvalue weighted by Gasteiger charge is -2.10. The van der Waals surface area contributed by atoms with Gasteiger partial charge in [-0.15, -0.1) is 0 Å². The molecule has 3 rings (SSSR count). The third kappa shape index (κ3) is 4.11. The molecule has 6 heteroatoms. The topological polar surface area (TPSA) is 73.3 Å². The second-order valence-electron chi connectivity index (χ2n) is 5.29. The summed E-state index contributed by atoms with van der Waals surface area (Å²) in [6, 6.07) is 15.8. The van der Waals surface area contributed by atoms with Gasteiger partial charge < -0.3 is 14.8 Å². The lowest BCUT2D eigenvalue weighted by atomic mass is 10.2. The van der Waals surface area contributed by atoms with Gasteiger partial charge in [0.15, 0.2) is 0 Å². The number of nitrogens with zero attached hydrogens (tertiary/aromatic N) is 2. The first-order valence-electron chi connectivity index (χ1n) is 7.66. The predicted octanol–water partition coefficient (Wildman–Crippen LogP) is 3.76. The van der Waals surface area contributed by atoms with Gasteiger partial charge in [0.1, 0.15) is 29.2 Å². The quantitative estimate of drug-likeness (QED) is 0.565. The molecular formula is C19H17N3O3. The fourth-order valence-corrected chi connectivity index (χ4v) is 2.28. The van der Waals surface area contributed by atoms with Crippen LogP contribution in [0.15, 0.2) is 60.9 Å². The third-order valence-electron chi connectivity index (χ3n) is 3.45. The fraction of sp³-hybridized carbons (Fsp3) is 0.105. The molecule has 1 aromatic heterocycles. The number of hydrogen-bond donors (Lipinski definition) is 1. The molecule has 1 N–H and O–H groups in total. The Morgan fingerprint density at radius 1 is 1.04 bits per heavy atom. The maximum Gasteiger partial charge on any atom is 0.347 e. The molecule has 0 spiro atoms. The van der Waals surface area contributed by atoms with Gasteiger partial charge in [-0.1, -0.05) is 18.2 Å². The van der Waals surface area contributed by atoms with E-state index in [-0.39, 0.29) is 0 Å². The maximum atomic E-state index is 12.4. The Hall–Kier alpha value is -3.41. The van der Waals surface area contributed by atoms with Crippen molar-refractivity contribution in [1.29, 1.82) is 0 Å². The summed E-state index contributed by atoms with van der Waals surface area (Å²) in [5, 5.41) is 3.15. The van der Waals surface area contributed by atoms with Crippen molar-refractivity contribution in [2.75, 3.05) is 12.4 Å². The van der Waals surface area contributed by atoms with Crippen molar-refractivity contribution < 1.29 is 14.3 Å². The Bertz CT molecular complexity index is 896. The number of carbonyl (C=O) groups is 1. The molecule has 0 aliphatic rings. The van der Waals surface area contributed by atoms with Crippen LogP contribution in [0.3, 0.4) is 0 Å². The van der Waals surface area contributed by atoms with Gasteiger partial charge in [0, 0.05) is 23.5 Å². The third-order valence-corrected chi connectivity index (χ3v) is 3.45. The van der Waals surface area contributed by atoms with Gasteiger partial charge in [-0.3, -0.25) is 0 Å². The van der Waals surface area contributed by atoms with Crippen LogP contribution >= 0.6 is 0 Å². The lowest BCUT2D eigenvalue weighted by molar-refractivity contribution is 0.0731. The van der Waals surface area contributed by atoms with Crippen LogP contribution in [0.2, 0.25) is 0 Å². The van der Waals surface area contributed by atoms with Gasteiger partial charge in [-0.2, -0.15) is 0 Å². The summed E-state index contributed by atoms with van der Waals surface area (Å²) in [7, 11) is 1.51. The molecule has 3 aromatic rings. The zero-order valence-electron chi connectivity index (χ0n) is 13.9. The maximum absolute atomic E-state index is 12.4. The van der Waals surface area contributed by atoms with Crippen molar-refractivity contribution in [3.8, 4) is 11.5 Å². The largest absolute Gasteiger partial charge is 0.496 e. The molecule has 0 bridgehead atoms. The highest BCUT2D eigenvalue weighted by atomic mass is 16.5. The number of carbonyl (C=O) groups excluding carboxylic acids is 1. The molecule has 0 atom stereocenters. The average molecular weight is 335 g/mol. The number of benzene rings is 2. The molecule has 0 amide bonds. The van der Waals surface area contributed by atoms with Gasteiger partial charge >= 0.3 is 5.97 Å². The summed E-state index contributed by atoms with van der Waals surface area (Å²) in [5.41, 5.74) is 1.98. The van der Waals surface area contributed by atoms with Crippen LogP contribution in [0, 0.1) is 6.92 Å². The van der Waals surface area contributed by atoms with E-state index in [4.69, 9.17) is 9.47 Å². The number of nitrogens with one attached hydrogen (secondary N) is 1. The summed E-state index contributed by atoms with van der Waals surface area (Å²) in [4.78, 5) is 20.6. The predicted molar refractivity (Wildman–Crippen MR) is 94.4 cm³/mol. The molecule has 0 radical (unpaired) electrons. The van der Waals surface area contributed by atoms with E-state index in [9.17, 15) is 4.79 Å². The monoisotopic (exact) mass is 335 g/mol. The van der Waals surface area contributed by atoms with Crippen molar-refractivity contribution in [3.63, 3.8) is 0 Å². The first kappa shape index (κ1) is 16.4. The van der Waals surface area contributed by atoms with Crippen LogP contribution in [-0.4, -0.2) is 23.0 Å². The molecule has 2 aromatic carbocycles. The highest BCUT2D eigenvalue weighted by Crippen LogP contribution is 2.23. The number of anilines is 2. The zero-order chi connectivity index (χ0) is 17.6. The van der Waals surface area contributed by atoms with Crippen LogP contribution < -0.4 is 14.8 Å². The first-order chi connectivity index (χ1) is 12.2. The van der Waals surface area contributed by atoms with Crippen molar-refractivity contribution in [3.05, 3.63) is 72.2 Å². The minimum absolute atomic E-state index is 0.370. The second-order valence-corrected chi connectivity index (χ2v) is 5.29. The van der Waals surface area contributed by atoms with Crippen LogP contribution in [0.5, 0.6) is 11.5 Å². The molecule has 25 heavy (non-hydrogen) atoms. The Morgan fingerprint density at radius 2 is 1.88 bits per heavy atom. The number of esters is 1. The SMILES string of the molecule is COc1ccccc1C(=O)Oc1cccc(Nc2cc(C)ncn2)c1. The molecule has 0 fully saturated rings. The molecule has 0 aliphatic carbocycles. The molecule has 6 nitrogen and oxygen atoms in total.